The number of thioether (sulfide) groups is 1. The number of nitrogens with two attached hydrogens (primary N) is 1. The Bertz CT molecular complexity index is 1430. The lowest BCUT2D eigenvalue weighted by atomic mass is 10.1. The molecule has 0 saturated heterocycles. The van der Waals surface area contributed by atoms with E-state index in [1.807, 2.05) is 48.5 Å². The minimum Gasteiger partial charge on any atom is -0.493 e. The summed E-state index contributed by atoms with van der Waals surface area (Å²) in [6, 6.07) is 19.9. The average Bonchev–Trinajstić information content (AvgIpc) is 3.30. The molecule has 12 heteroatoms. The number of benzene rings is 3. The molecule has 3 N–H and O–H groups in total. The third kappa shape index (κ3) is 6.75. The van der Waals surface area contributed by atoms with Gasteiger partial charge in [-0.05, 0) is 48.0 Å². The molecule has 10 nitrogen and oxygen atoms in total. The molecule has 38 heavy (non-hydrogen) atoms. The Morgan fingerprint density at radius 2 is 1.82 bits per heavy atom. The molecule has 0 saturated carbocycles. The van der Waals surface area contributed by atoms with Crippen molar-refractivity contribution in [2.75, 3.05) is 31.2 Å². The number of para-hydroxylation sites is 1. The van der Waals surface area contributed by atoms with E-state index >= 15 is 0 Å². The number of carbonyl (C=O) groups is 1. The van der Waals surface area contributed by atoms with Crippen molar-refractivity contribution >= 4 is 41.3 Å². The number of nitrogens with one attached hydrogen (secondary N) is 1. The quantitative estimate of drug-likeness (QED) is 0.0848. The van der Waals surface area contributed by atoms with Crippen molar-refractivity contribution in [1.29, 1.82) is 0 Å². The van der Waals surface area contributed by atoms with Crippen LogP contribution in [0.1, 0.15) is 21.5 Å². The molecule has 0 spiro atoms. The first-order valence-corrected chi connectivity index (χ1v) is 12.7. The molecule has 0 unspecified atom stereocenters. The van der Waals surface area contributed by atoms with Gasteiger partial charge in [-0.1, -0.05) is 47.6 Å². The second-order valence-corrected chi connectivity index (χ2v) is 9.16. The molecule has 4 rings (SSSR count). The molecule has 0 radical (unpaired) electrons. The number of nitrogens with zero attached hydrogens (tertiary/aromatic N) is 4. The number of Topliss-reactive ketones (excluding diaryl/α,β-unsaturated/α-hetero) is 1. The maximum atomic E-state index is 12.7. The first kappa shape index (κ1) is 26.8. The molecule has 0 amide bonds. The van der Waals surface area contributed by atoms with Gasteiger partial charge in [0, 0.05) is 16.1 Å². The van der Waals surface area contributed by atoms with E-state index in [9.17, 15) is 4.79 Å². The van der Waals surface area contributed by atoms with E-state index in [2.05, 4.69) is 20.7 Å². The number of methoxy groups -OCH3 is 2. The van der Waals surface area contributed by atoms with E-state index in [1.165, 1.54) is 18.9 Å². The maximum absolute atomic E-state index is 12.7. The van der Waals surface area contributed by atoms with Crippen LogP contribution in [0.15, 0.2) is 77.0 Å². The second-order valence-electron chi connectivity index (χ2n) is 7.78. The van der Waals surface area contributed by atoms with Crippen LogP contribution in [0, 0.1) is 0 Å². The smallest absolute Gasteiger partial charge is 0.264 e. The van der Waals surface area contributed by atoms with Gasteiger partial charge in [0.25, 0.3) is 5.95 Å². The maximum Gasteiger partial charge on any atom is 0.264 e. The predicted octanol–water partition coefficient (Wildman–Crippen LogP) is 4.66. The number of hydrogen-bond acceptors (Lipinski definition) is 10. The molecule has 0 aliphatic heterocycles. The lowest BCUT2D eigenvalue weighted by molar-refractivity contribution is 0.102. The zero-order valence-corrected chi connectivity index (χ0v) is 22.2. The number of carbonyl (C=O) groups excluding carboxylic acids is 1. The number of halogens is 1. The van der Waals surface area contributed by atoms with Crippen LogP contribution in [0.2, 0.25) is 5.02 Å². The Hall–Kier alpha value is -4.22. The summed E-state index contributed by atoms with van der Waals surface area (Å²) in [4.78, 5) is 12.7. The van der Waals surface area contributed by atoms with Crippen molar-refractivity contribution in [3.63, 3.8) is 0 Å². The number of hydrogen-bond donors (Lipinski definition) is 2. The Morgan fingerprint density at radius 1 is 1.05 bits per heavy atom. The minimum atomic E-state index is -0.123. The van der Waals surface area contributed by atoms with Gasteiger partial charge < -0.3 is 20.1 Å². The zero-order valence-electron chi connectivity index (χ0n) is 20.6. The van der Waals surface area contributed by atoms with E-state index in [1.54, 1.807) is 24.4 Å². The van der Waals surface area contributed by atoms with E-state index < -0.39 is 0 Å². The van der Waals surface area contributed by atoms with Crippen molar-refractivity contribution < 1.29 is 19.0 Å². The summed E-state index contributed by atoms with van der Waals surface area (Å²) < 4.78 is 17.6. The van der Waals surface area contributed by atoms with Crippen LogP contribution in [0.25, 0.3) is 0 Å². The molecular weight excluding hydrogens is 528 g/mol. The SMILES string of the molecule is COc1ccc(C(=O)CSc2nnc(N/N=C/c3ccccc3OCc3ccc(Cl)cc3)n2N)cc1OC. The first-order chi connectivity index (χ1) is 18.5. The Labute approximate surface area is 228 Å². The molecule has 0 atom stereocenters. The van der Waals surface area contributed by atoms with Crippen molar-refractivity contribution in [1.82, 2.24) is 14.9 Å². The molecule has 1 heterocycles. The first-order valence-electron chi connectivity index (χ1n) is 11.3. The van der Waals surface area contributed by atoms with Crippen LogP contribution in [-0.2, 0) is 6.61 Å². The van der Waals surface area contributed by atoms with E-state index in [0.717, 1.165) is 22.9 Å². The molecule has 1 aromatic heterocycles. The van der Waals surface area contributed by atoms with Gasteiger partial charge in [-0.25, -0.2) is 10.1 Å². The fraction of sp³-hybridized carbons (Fsp3) is 0.154. The molecule has 0 aliphatic carbocycles. The summed E-state index contributed by atoms with van der Waals surface area (Å²) in [6.45, 7) is 0.384. The van der Waals surface area contributed by atoms with Gasteiger partial charge >= 0.3 is 0 Å². The number of anilines is 1. The lowest BCUT2D eigenvalue weighted by Crippen LogP contribution is -2.14. The Balaban J connectivity index is 1.34. The highest BCUT2D eigenvalue weighted by Crippen LogP contribution is 2.28. The van der Waals surface area contributed by atoms with Crippen molar-refractivity contribution in [3.8, 4) is 17.2 Å². The van der Waals surface area contributed by atoms with Gasteiger partial charge in [-0.3, -0.25) is 4.79 Å². The minimum absolute atomic E-state index is 0.104. The predicted molar refractivity (Wildman–Crippen MR) is 148 cm³/mol. The molecular formula is C26H25ClN6O4S. The molecule has 0 aliphatic rings. The average molecular weight is 553 g/mol. The topological polar surface area (TPSA) is 126 Å². The highest BCUT2D eigenvalue weighted by molar-refractivity contribution is 7.99. The zero-order chi connectivity index (χ0) is 26.9. The van der Waals surface area contributed by atoms with Gasteiger partial charge in [0.05, 0.1) is 26.2 Å². The normalized spacial score (nSPS) is 10.9. The molecule has 196 valence electrons. The van der Waals surface area contributed by atoms with E-state index in [0.29, 0.717) is 39.6 Å². The van der Waals surface area contributed by atoms with Crippen molar-refractivity contribution in [2.45, 2.75) is 11.8 Å². The van der Waals surface area contributed by atoms with Crippen LogP contribution in [-0.4, -0.2) is 46.8 Å². The van der Waals surface area contributed by atoms with Gasteiger partial charge in [0.2, 0.25) is 5.16 Å². The van der Waals surface area contributed by atoms with Crippen LogP contribution in [0.4, 0.5) is 5.95 Å². The standard InChI is InChI=1S/C26H25ClN6O4S/c1-35-23-12-9-18(13-24(23)36-2)21(34)16-38-26-32-31-25(33(26)28)30-29-14-19-5-3-4-6-22(19)37-15-17-7-10-20(27)11-8-17/h3-14H,15-16,28H2,1-2H3,(H,30,31)/b29-14+. The van der Waals surface area contributed by atoms with E-state index in [-0.39, 0.29) is 17.5 Å². The lowest BCUT2D eigenvalue weighted by Gasteiger charge is -2.09. The van der Waals surface area contributed by atoms with E-state index in [4.69, 9.17) is 31.7 Å². The fourth-order valence-corrected chi connectivity index (χ4v) is 4.17. The second kappa shape index (κ2) is 12.8. The summed E-state index contributed by atoms with van der Waals surface area (Å²) in [5.41, 5.74) is 5.00. The monoisotopic (exact) mass is 552 g/mol. The largest absolute Gasteiger partial charge is 0.493 e. The van der Waals surface area contributed by atoms with Crippen molar-refractivity contribution in [2.24, 2.45) is 5.10 Å². The van der Waals surface area contributed by atoms with Crippen LogP contribution < -0.4 is 25.5 Å². The Kier molecular flexibility index (Phi) is 9.07. The van der Waals surface area contributed by atoms with Gasteiger partial charge in [0.1, 0.15) is 12.4 Å². The van der Waals surface area contributed by atoms with Gasteiger partial charge in [-0.15, -0.1) is 10.2 Å². The highest BCUT2D eigenvalue weighted by atomic mass is 35.5. The van der Waals surface area contributed by atoms with Crippen LogP contribution >= 0.6 is 23.4 Å². The number of aromatic nitrogens is 3. The van der Waals surface area contributed by atoms with Gasteiger partial charge in [-0.2, -0.15) is 5.10 Å². The molecule has 4 aromatic rings. The number of ether oxygens (including phenoxy) is 3. The molecule has 3 aromatic carbocycles. The highest BCUT2D eigenvalue weighted by Gasteiger charge is 2.15. The molecule has 0 fully saturated rings. The fourth-order valence-electron chi connectivity index (χ4n) is 3.29. The number of hydrazone groups is 1. The number of ketones is 1. The number of rotatable bonds is 12. The van der Waals surface area contributed by atoms with Gasteiger partial charge in [0.15, 0.2) is 17.3 Å². The van der Waals surface area contributed by atoms with Crippen LogP contribution in [0.5, 0.6) is 17.2 Å². The summed E-state index contributed by atoms with van der Waals surface area (Å²) >= 11 is 7.10. The van der Waals surface area contributed by atoms with Crippen LogP contribution in [0.3, 0.4) is 0 Å². The summed E-state index contributed by atoms with van der Waals surface area (Å²) in [5.74, 6) is 7.97. The number of nitrogen functional groups attached to an aromatic ring is 1. The third-order valence-corrected chi connectivity index (χ3v) is 6.49. The molecule has 0 bridgehead atoms. The summed E-state index contributed by atoms with van der Waals surface area (Å²) in [7, 11) is 3.05. The van der Waals surface area contributed by atoms with Crippen molar-refractivity contribution in [3.05, 3.63) is 88.4 Å². The third-order valence-electron chi connectivity index (χ3n) is 5.30. The summed E-state index contributed by atoms with van der Waals surface area (Å²) in [5, 5.41) is 13.3. The summed E-state index contributed by atoms with van der Waals surface area (Å²) in [6.07, 6.45) is 1.60. The Morgan fingerprint density at radius 3 is 2.58 bits per heavy atom.